The third kappa shape index (κ3) is 2.90. The van der Waals surface area contributed by atoms with Crippen molar-refractivity contribution >= 4 is 16.9 Å². The van der Waals surface area contributed by atoms with Crippen LogP contribution < -0.4 is 10.2 Å². The predicted molar refractivity (Wildman–Crippen MR) is 83.0 cm³/mol. The van der Waals surface area contributed by atoms with Crippen LogP contribution in [0.15, 0.2) is 30.5 Å². The van der Waals surface area contributed by atoms with Gasteiger partial charge in [0.2, 0.25) is 0 Å². The second-order valence-electron chi connectivity index (χ2n) is 5.82. The summed E-state index contributed by atoms with van der Waals surface area (Å²) in [6, 6.07) is 9.13. The van der Waals surface area contributed by atoms with E-state index in [2.05, 4.69) is 29.0 Å². The second-order valence-corrected chi connectivity index (χ2v) is 5.82. The number of para-hydroxylation sites is 2. The van der Waals surface area contributed by atoms with E-state index in [0.717, 1.165) is 29.9 Å². The largest absolute Gasteiger partial charge is 0.354 e. The highest BCUT2D eigenvalue weighted by Crippen LogP contribution is 2.20. The maximum atomic E-state index is 4.75. The van der Waals surface area contributed by atoms with Crippen LogP contribution in [-0.2, 0) is 0 Å². The van der Waals surface area contributed by atoms with Crippen LogP contribution in [0.5, 0.6) is 0 Å². The van der Waals surface area contributed by atoms with Crippen molar-refractivity contribution in [3.63, 3.8) is 0 Å². The second kappa shape index (κ2) is 5.75. The molecular formula is C16H22N4. The van der Waals surface area contributed by atoms with Crippen LogP contribution in [-0.4, -0.2) is 35.1 Å². The summed E-state index contributed by atoms with van der Waals surface area (Å²) in [4.78, 5) is 11.6. The predicted octanol–water partition coefficient (Wildman–Crippen LogP) is 2.60. The molecule has 2 aromatic rings. The average Bonchev–Trinajstić information content (AvgIpc) is 2.46. The quantitative estimate of drug-likeness (QED) is 0.931. The highest BCUT2D eigenvalue weighted by Gasteiger charge is 2.21. The molecule has 0 saturated carbocycles. The van der Waals surface area contributed by atoms with Gasteiger partial charge in [-0.2, -0.15) is 0 Å². The van der Waals surface area contributed by atoms with Crippen molar-refractivity contribution < 1.29 is 0 Å². The molecule has 0 amide bonds. The van der Waals surface area contributed by atoms with Gasteiger partial charge in [-0.05, 0) is 25.0 Å². The monoisotopic (exact) mass is 270 g/mol. The summed E-state index contributed by atoms with van der Waals surface area (Å²) < 4.78 is 0. The number of aromatic nitrogens is 2. The van der Waals surface area contributed by atoms with Crippen molar-refractivity contribution in [3.8, 4) is 0 Å². The zero-order valence-corrected chi connectivity index (χ0v) is 12.2. The van der Waals surface area contributed by atoms with E-state index in [1.54, 1.807) is 0 Å². The van der Waals surface area contributed by atoms with Gasteiger partial charge in [0, 0.05) is 25.2 Å². The lowest BCUT2D eigenvalue weighted by molar-refractivity contribution is 0.393. The van der Waals surface area contributed by atoms with Crippen molar-refractivity contribution in [1.29, 1.82) is 0 Å². The molecule has 4 nitrogen and oxygen atoms in total. The van der Waals surface area contributed by atoms with Crippen LogP contribution in [0.2, 0.25) is 0 Å². The van der Waals surface area contributed by atoms with Gasteiger partial charge in [0.25, 0.3) is 0 Å². The zero-order valence-electron chi connectivity index (χ0n) is 12.2. The lowest BCUT2D eigenvalue weighted by Gasteiger charge is -2.34. The van der Waals surface area contributed by atoms with Gasteiger partial charge in [-0.3, -0.25) is 4.98 Å². The molecule has 0 radical (unpaired) electrons. The van der Waals surface area contributed by atoms with Crippen LogP contribution >= 0.6 is 0 Å². The van der Waals surface area contributed by atoms with Gasteiger partial charge in [0.05, 0.1) is 17.2 Å². The number of nitrogens with zero attached hydrogens (tertiary/aromatic N) is 3. The van der Waals surface area contributed by atoms with E-state index in [1.807, 2.05) is 30.5 Å². The Labute approximate surface area is 120 Å². The molecule has 0 spiro atoms. The molecule has 4 heteroatoms. The summed E-state index contributed by atoms with van der Waals surface area (Å²) in [6.45, 7) is 6.50. The van der Waals surface area contributed by atoms with Crippen LogP contribution in [0.4, 0.5) is 5.82 Å². The molecule has 1 fully saturated rings. The van der Waals surface area contributed by atoms with Gasteiger partial charge in [0.15, 0.2) is 0 Å². The Morgan fingerprint density at radius 3 is 2.85 bits per heavy atom. The fourth-order valence-corrected chi connectivity index (χ4v) is 2.89. The number of benzene rings is 1. The molecule has 0 bridgehead atoms. The van der Waals surface area contributed by atoms with E-state index in [0.29, 0.717) is 12.1 Å². The molecule has 1 N–H and O–H groups in total. The molecule has 3 rings (SSSR count). The van der Waals surface area contributed by atoms with Crippen LogP contribution in [0.25, 0.3) is 11.0 Å². The molecule has 20 heavy (non-hydrogen) atoms. The molecule has 2 heterocycles. The van der Waals surface area contributed by atoms with Crippen LogP contribution in [0, 0.1) is 0 Å². The van der Waals surface area contributed by atoms with Crippen molar-refractivity contribution in [1.82, 2.24) is 15.3 Å². The Morgan fingerprint density at radius 1 is 1.25 bits per heavy atom. The first-order valence-corrected chi connectivity index (χ1v) is 7.45. The molecule has 1 saturated heterocycles. The highest BCUT2D eigenvalue weighted by atomic mass is 15.2. The third-order valence-corrected chi connectivity index (χ3v) is 3.75. The average molecular weight is 270 g/mol. The minimum atomic E-state index is 0.530. The summed E-state index contributed by atoms with van der Waals surface area (Å²) >= 11 is 0. The Bertz CT molecular complexity index is 581. The van der Waals surface area contributed by atoms with E-state index in [9.17, 15) is 0 Å². The van der Waals surface area contributed by atoms with Gasteiger partial charge in [0.1, 0.15) is 5.82 Å². The van der Waals surface area contributed by atoms with Crippen molar-refractivity contribution in [2.45, 2.75) is 38.8 Å². The summed E-state index contributed by atoms with van der Waals surface area (Å²) in [5, 5.41) is 3.63. The molecular weight excluding hydrogens is 248 g/mol. The number of piperidine rings is 1. The fraction of sp³-hybridized carbons (Fsp3) is 0.500. The van der Waals surface area contributed by atoms with E-state index < -0.39 is 0 Å². The van der Waals surface area contributed by atoms with E-state index in [1.165, 1.54) is 12.8 Å². The Balaban J connectivity index is 1.79. The maximum Gasteiger partial charge on any atom is 0.147 e. The Hall–Kier alpha value is -1.68. The van der Waals surface area contributed by atoms with Crippen LogP contribution in [0.1, 0.15) is 26.7 Å². The summed E-state index contributed by atoms with van der Waals surface area (Å²) in [5.74, 6) is 0.999. The van der Waals surface area contributed by atoms with Gasteiger partial charge < -0.3 is 10.2 Å². The molecule has 1 aromatic heterocycles. The standard InChI is InChI=1S/C16H22N4/c1-12(2)18-13-6-5-9-20(11-13)16-10-17-14-7-3-4-8-15(14)19-16/h3-4,7-8,10,12-13,18H,5-6,9,11H2,1-2H3. The summed E-state index contributed by atoms with van der Waals surface area (Å²) in [6.07, 6.45) is 4.36. The maximum absolute atomic E-state index is 4.75. The number of hydrogen-bond donors (Lipinski definition) is 1. The van der Waals surface area contributed by atoms with Gasteiger partial charge in [-0.25, -0.2) is 4.98 Å². The summed E-state index contributed by atoms with van der Waals surface area (Å²) in [7, 11) is 0. The van der Waals surface area contributed by atoms with E-state index in [4.69, 9.17) is 4.98 Å². The molecule has 1 unspecified atom stereocenters. The normalized spacial score (nSPS) is 19.8. The fourth-order valence-electron chi connectivity index (χ4n) is 2.89. The minimum Gasteiger partial charge on any atom is -0.354 e. The van der Waals surface area contributed by atoms with Crippen LogP contribution in [0.3, 0.4) is 0 Å². The molecule has 1 atom stereocenters. The van der Waals surface area contributed by atoms with Gasteiger partial charge in [-0.1, -0.05) is 26.0 Å². The first-order valence-electron chi connectivity index (χ1n) is 7.45. The highest BCUT2D eigenvalue weighted by molar-refractivity contribution is 5.75. The lowest BCUT2D eigenvalue weighted by atomic mass is 10.1. The first-order chi connectivity index (χ1) is 9.72. The molecule has 1 aromatic carbocycles. The van der Waals surface area contributed by atoms with Crippen molar-refractivity contribution in [2.24, 2.45) is 0 Å². The van der Waals surface area contributed by atoms with Gasteiger partial charge in [-0.15, -0.1) is 0 Å². The Morgan fingerprint density at radius 2 is 2.05 bits per heavy atom. The first kappa shape index (κ1) is 13.3. The van der Waals surface area contributed by atoms with E-state index >= 15 is 0 Å². The van der Waals surface area contributed by atoms with Crippen molar-refractivity contribution in [2.75, 3.05) is 18.0 Å². The number of fused-ring (bicyclic) bond motifs is 1. The summed E-state index contributed by atoms with van der Waals surface area (Å²) in [5.41, 5.74) is 1.94. The molecule has 0 aliphatic carbocycles. The molecule has 1 aliphatic rings. The molecule has 106 valence electrons. The SMILES string of the molecule is CC(C)NC1CCCN(c2cnc3ccccc3n2)C1. The number of nitrogens with one attached hydrogen (secondary N) is 1. The lowest BCUT2D eigenvalue weighted by Crippen LogP contribution is -2.48. The topological polar surface area (TPSA) is 41.0 Å². The van der Waals surface area contributed by atoms with E-state index in [-0.39, 0.29) is 0 Å². The molecule has 1 aliphatic heterocycles. The third-order valence-electron chi connectivity index (χ3n) is 3.75. The smallest absolute Gasteiger partial charge is 0.147 e. The minimum absolute atomic E-state index is 0.530. The number of rotatable bonds is 3. The Kier molecular flexibility index (Phi) is 3.83. The number of hydrogen-bond acceptors (Lipinski definition) is 4. The zero-order chi connectivity index (χ0) is 13.9. The number of anilines is 1. The van der Waals surface area contributed by atoms with Gasteiger partial charge >= 0.3 is 0 Å². The van der Waals surface area contributed by atoms with Crippen molar-refractivity contribution in [3.05, 3.63) is 30.5 Å².